The fourth-order valence-electron chi connectivity index (χ4n) is 1.87. The molecule has 1 saturated heterocycles. The Bertz CT molecular complexity index is 353. The summed E-state index contributed by atoms with van der Waals surface area (Å²) in [5.41, 5.74) is 2.59. The predicted octanol–water partition coefficient (Wildman–Crippen LogP) is 4.06. The first-order chi connectivity index (χ1) is 7.16. The van der Waals surface area contributed by atoms with Crippen LogP contribution in [0, 0.1) is 6.92 Å². The molecule has 1 N–H and O–H groups in total. The third-order valence-electron chi connectivity index (χ3n) is 2.92. The molecule has 0 saturated carbocycles. The fraction of sp³-hybridized carbons (Fsp3) is 0.500. The molecule has 2 rings (SSSR count). The quantitative estimate of drug-likeness (QED) is 0.879. The fourth-order valence-corrected chi connectivity index (χ4v) is 3.43. The highest BCUT2D eigenvalue weighted by atomic mass is 79.9. The van der Waals surface area contributed by atoms with Crippen molar-refractivity contribution in [3.05, 3.63) is 28.2 Å². The average Bonchev–Trinajstić information content (AvgIpc) is 2.58. The van der Waals surface area contributed by atoms with Gasteiger partial charge in [-0.15, -0.1) is 0 Å². The largest absolute Gasteiger partial charge is 0.381 e. The number of hydrogen-bond donors (Lipinski definition) is 1. The minimum Gasteiger partial charge on any atom is -0.381 e. The van der Waals surface area contributed by atoms with Gasteiger partial charge in [-0.05, 0) is 36.8 Å². The van der Waals surface area contributed by atoms with Crippen LogP contribution in [-0.4, -0.2) is 17.0 Å². The lowest BCUT2D eigenvalue weighted by molar-refractivity contribution is 0.723. The summed E-state index contributed by atoms with van der Waals surface area (Å²) in [7, 11) is 0. The van der Waals surface area contributed by atoms with Crippen LogP contribution >= 0.6 is 27.7 Å². The Morgan fingerprint density at radius 3 is 2.93 bits per heavy atom. The highest BCUT2D eigenvalue weighted by Crippen LogP contribution is 2.30. The van der Waals surface area contributed by atoms with Crippen molar-refractivity contribution in [1.29, 1.82) is 0 Å². The van der Waals surface area contributed by atoms with Crippen molar-refractivity contribution in [1.82, 2.24) is 0 Å². The predicted molar refractivity (Wildman–Crippen MR) is 72.8 cm³/mol. The van der Waals surface area contributed by atoms with Crippen LogP contribution in [0.25, 0.3) is 0 Å². The van der Waals surface area contributed by atoms with Gasteiger partial charge in [0.1, 0.15) is 0 Å². The summed E-state index contributed by atoms with van der Waals surface area (Å²) < 4.78 is 1.15. The number of benzene rings is 1. The van der Waals surface area contributed by atoms with Crippen molar-refractivity contribution in [3.8, 4) is 0 Å². The van der Waals surface area contributed by atoms with E-state index in [1.165, 1.54) is 23.4 Å². The molecule has 0 spiro atoms. The van der Waals surface area contributed by atoms with Gasteiger partial charge in [0, 0.05) is 21.5 Å². The van der Waals surface area contributed by atoms with Gasteiger partial charge in [0.2, 0.25) is 0 Å². The zero-order valence-corrected chi connectivity index (χ0v) is 11.5. The van der Waals surface area contributed by atoms with Crippen LogP contribution < -0.4 is 5.32 Å². The maximum Gasteiger partial charge on any atom is 0.0385 e. The molecule has 82 valence electrons. The van der Waals surface area contributed by atoms with Crippen LogP contribution in [-0.2, 0) is 0 Å². The summed E-state index contributed by atoms with van der Waals surface area (Å²) in [4.78, 5) is 0. The van der Waals surface area contributed by atoms with Gasteiger partial charge in [0.05, 0.1) is 0 Å². The molecule has 3 heteroatoms. The molecule has 0 aromatic heterocycles. The van der Waals surface area contributed by atoms with Crippen molar-refractivity contribution in [2.24, 2.45) is 0 Å². The average molecular weight is 286 g/mol. The lowest BCUT2D eigenvalue weighted by Crippen LogP contribution is -2.25. The highest BCUT2D eigenvalue weighted by Gasteiger charge is 2.23. The molecule has 2 unspecified atom stereocenters. The first-order valence-electron chi connectivity index (χ1n) is 5.31. The third kappa shape index (κ3) is 2.70. The second-order valence-corrected chi connectivity index (χ2v) is 6.48. The first kappa shape index (κ1) is 11.3. The van der Waals surface area contributed by atoms with Gasteiger partial charge < -0.3 is 5.32 Å². The number of halogens is 1. The minimum absolute atomic E-state index is 0.628. The Kier molecular flexibility index (Phi) is 3.62. The molecule has 0 amide bonds. The maximum atomic E-state index is 3.65. The van der Waals surface area contributed by atoms with Gasteiger partial charge in [-0.25, -0.2) is 0 Å². The van der Waals surface area contributed by atoms with Crippen LogP contribution in [0.15, 0.2) is 22.7 Å². The third-order valence-corrected chi connectivity index (χ3v) is 4.74. The normalized spacial score (nSPS) is 25.5. The van der Waals surface area contributed by atoms with E-state index in [-0.39, 0.29) is 0 Å². The number of anilines is 1. The minimum atomic E-state index is 0.628. The van der Waals surface area contributed by atoms with Gasteiger partial charge >= 0.3 is 0 Å². The van der Waals surface area contributed by atoms with E-state index in [4.69, 9.17) is 0 Å². The first-order valence-corrected chi connectivity index (χ1v) is 7.15. The summed E-state index contributed by atoms with van der Waals surface area (Å²) >= 11 is 5.58. The molecule has 1 aromatic rings. The molecule has 0 aliphatic carbocycles. The molecular weight excluding hydrogens is 270 g/mol. The zero-order valence-electron chi connectivity index (χ0n) is 9.09. The number of rotatable bonds is 2. The second kappa shape index (κ2) is 4.79. The molecule has 0 radical (unpaired) electrons. The Labute approximate surface area is 104 Å². The molecule has 15 heavy (non-hydrogen) atoms. The molecule has 1 fully saturated rings. The van der Waals surface area contributed by atoms with E-state index < -0.39 is 0 Å². The molecule has 2 atom stereocenters. The zero-order chi connectivity index (χ0) is 10.8. The van der Waals surface area contributed by atoms with E-state index in [1.807, 2.05) is 0 Å². The Balaban J connectivity index is 2.12. The van der Waals surface area contributed by atoms with E-state index in [2.05, 4.69) is 65.1 Å². The summed E-state index contributed by atoms with van der Waals surface area (Å²) in [5, 5.41) is 4.37. The van der Waals surface area contributed by atoms with Crippen molar-refractivity contribution in [2.45, 2.75) is 31.6 Å². The summed E-state index contributed by atoms with van der Waals surface area (Å²) in [6.07, 6.45) is 1.28. The van der Waals surface area contributed by atoms with E-state index in [0.29, 0.717) is 6.04 Å². The van der Waals surface area contributed by atoms with Crippen LogP contribution in [0.5, 0.6) is 0 Å². The van der Waals surface area contributed by atoms with Crippen molar-refractivity contribution in [2.75, 3.05) is 11.1 Å². The van der Waals surface area contributed by atoms with Gasteiger partial charge in [-0.2, -0.15) is 11.8 Å². The molecule has 1 nitrogen and oxygen atoms in total. The molecule has 1 heterocycles. The van der Waals surface area contributed by atoms with E-state index in [1.54, 1.807) is 0 Å². The van der Waals surface area contributed by atoms with Crippen LogP contribution in [0.2, 0.25) is 0 Å². The standard InChI is InChI=1S/C12H16BrNS/c1-8-3-4-10(13)7-12(8)14-11-5-6-15-9(11)2/h3-4,7,9,11,14H,5-6H2,1-2H3. The molecule has 0 bridgehead atoms. The molecule has 1 aromatic carbocycles. The van der Waals surface area contributed by atoms with Crippen LogP contribution in [0.3, 0.4) is 0 Å². The molecule has 1 aliphatic rings. The summed E-state index contributed by atoms with van der Waals surface area (Å²) in [6.45, 7) is 4.46. The Hall–Kier alpha value is -0.150. The molecule has 1 aliphatic heterocycles. The van der Waals surface area contributed by atoms with Gasteiger partial charge in [-0.3, -0.25) is 0 Å². The van der Waals surface area contributed by atoms with Gasteiger partial charge in [0.25, 0.3) is 0 Å². The van der Waals surface area contributed by atoms with E-state index in [9.17, 15) is 0 Å². The lowest BCUT2D eigenvalue weighted by Gasteiger charge is -2.19. The number of hydrogen-bond acceptors (Lipinski definition) is 2. The smallest absolute Gasteiger partial charge is 0.0385 e. The highest BCUT2D eigenvalue weighted by molar-refractivity contribution is 9.10. The monoisotopic (exact) mass is 285 g/mol. The number of aryl methyl sites for hydroxylation is 1. The lowest BCUT2D eigenvalue weighted by atomic mass is 10.1. The maximum absolute atomic E-state index is 3.65. The van der Waals surface area contributed by atoms with Crippen molar-refractivity contribution < 1.29 is 0 Å². The van der Waals surface area contributed by atoms with Crippen molar-refractivity contribution >= 4 is 33.4 Å². The second-order valence-electron chi connectivity index (χ2n) is 4.07. The number of thioether (sulfide) groups is 1. The van der Waals surface area contributed by atoms with Gasteiger partial charge in [0.15, 0.2) is 0 Å². The topological polar surface area (TPSA) is 12.0 Å². The number of nitrogens with one attached hydrogen (secondary N) is 1. The summed E-state index contributed by atoms with van der Waals surface area (Å²) in [5.74, 6) is 1.28. The Morgan fingerprint density at radius 1 is 1.47 bits per heavy atom. The van der Waals surface area contributed by atoms with Crippen LogP contribution in [0.4, 0.5) is 5.69 Å². The SMILES string of the molecule is Cc1ccc(Br)cc1NC1CCSC1C. The van der Waals surface area contributed by atoms with E-state index >= 15 is 0 Å². The summed E-state index contributed by atoms with van der Waals surface area (Å²) in [6, 6.07) is 7.04. The van der Waals surface area contributed by atoms with Crippen LogP contribution in [0.1, 0.15) is 18.9 Å². The molecular formula is C12H16BrNS. The van der Waals surface area contributed by atoms with Gasteiger partial charge in [-0.1, -0.05) is 28.9 Å². The van der Waals surface area contributed by atoms with E-state index in [0.717, 1.165) is 9.72 Å². The Morgan fingerprint density at radius 2 is 2.27 bits per heavy atom. The van der Waals surface area contributed by atoms with Crippen molar-refractivity contribution in [3.63, 3.8) is 0 Å².